The van der Waals surface area contributed by atoms with E-state index in [0.29, 0.717) is 0 Å². The van der Waals surface area contributed by atoms with Gasteiger partial charge >= 0.3 is 5.97 Å². The Morgan fingerprint density at radius 1 is 1.56 bits per heavy atom. The Labute approximate surface area is 88.9 Å². The molecule has 1 heterocycles. The predicted octanol–water partition coefficient (Wildman–Crippen LogP) is 1.24. The number of aliphatic carboxylic acids is 1. The molecule has 88 valence electrons. The van der Waals surface area contributed by atoms with Crippen molar-refractivity contribution in [3.63, 3.8) is 0 Å². The average Bonchev–Trinajstić information content (AvgIpc) is 2.19. The number of hydrogen-bond acceptors (Lipinski definition) is 3. The molecule has 0 spiro atoms. The fraction of sp³-hybridized carbons (Fsp3) is 0.333. The monoisotopic (exact) mass is 234 g/mol. The molecule has 7 heteroatoms. The molecule has 0 bridgehead atoms. The van der Waals surface area contributed by atoms with Crippen LogP contribution in [0, 0.1) is 5.95 Å². The van der Waals surface area contributed by atoms with Crippen molar-refractivity contribution in [2.45, 2.75) is 19.4 Å². The zero-order chi connectivity index (χ0) is 12.3. The highest BCUT2D eigenvalue weighted by atomic mass is 19.3. The molecule has 0 aliphatic rings. The van der Waals surface area contributed by atoms with Crippen molar-refractivity contribution < 1.29 is 23.1 Å². The van der Waals surface area contributed by atoms with Crippen molar-refractivity contribution in [3.8, 4) is 0 Å². The van der Waals surface area contributed by atoms with Crippen LogP contribution in [0.5, 0.6) is 0 Å². The normalized spacial score (nSPS) is 10.8. The first-order chi connectivity index (χ1) is 7.45. The molecule has 4 nitrogen and oxygen atoms in total. The number of pyridine rings is 1. The van der Waals surface area contributed by atoms with E-state index >= 15 is 0 Å². The van der Waals surface area contributed by atoms with Gasteiger partial charge in [0, 0.05) is 12.1 Å². The summed E-state index contributed by atoms with van der Waals surface area (Å²) in [6.45, 7) is -0.220. The van der Waals surface area contributed by atoms with Gasteiger partial charge in [-0.3, -0.25) is 4.79 Å². The molecule has 3 N–H and O–H groups in total. The average molecular weight is 234 g/mol. The summed E-state index contributed by atoms with van der Waals surface area (Å²) < 4.78 is 37.8. The molecule has 0 aliphatic heterocycles. The quantitative estimate of drug-likeness (QED) is 0.768. The Hall–Kier alpha value is -1.63. The van der Waals surface area contributed by atoms with Crippen LogP contribution >= 0.6 is 0 Å². The van der Waals surface area contributed by atoms with Crippen LogP contribution in [0.25, 0.3) is 0 Å². The number of carbonyl (C=O) groups is 1. The fourth-order valence-electron chi connectivity index (χ4n) is 1.24. The van der Waals surface area contributed by atoms with Gasteiger partial charge in [0.1, 0.15) is 5.69 Å². The maximum atomic E-state index is 13.3. The highest BCUT2D eigenvalue weighted by molar-refractivity contribution is 5.70. The number of aromatic nitrogens is 1. The second-order valence-electron chi connectivity index (χ2n) is 3.05. The molecule has 0 saturated heterocycles. The summed E-state index contributed by atoms with van der Waals surface area (Å²) in [5.74, 6) is -2.49. The number of carboxylic acids is 1. The standard InChI is InChI=1S/C9H9F3N2O2/c10-8(11)6-1-4(3-13)5(2-7(15)16)9(12)14-6/h1,8H,2-3,13H2,(H,15,16). The van der Waals surface area contributed by atoms with E-state index in [4.69, 9.17) is 10.8 Å². The molecule has 0 saturated carbocycles. The van der Waals surface area contributed by atoms with E-state index in [-0.39, 0.29) is 17.7 Å². The van der Waals surface area contributed by atoms with E-state index in [1.165, 1.54) is 0 Å². The number of halogens is 3. The van der Waals surface area contributed by atoms with Gasteiger partial charge in [-0.1, -0.05) is 0 Å². The lowest BCUT2D eigenvalue weighted by atomic mass is 10.1. The van der Waals surface area contributed by atoms with Crippen LogP contribution in [-0.4, -0.2) is 16.1 Å². The van der Waals surface area contributed by atoms with Gasteiger partial charge in [-0.15, -0.1) is 0 Å². The Morgan fingerprint density at radius 2 is 2.19 bits per heavy atom. The van der Waals surface area contributed by atoms with Gasteiger partial charge in [-0.25, -0.2) is 13.8 Å². The van der Waals surface area contributed by atoms with Crippen LogP contribution in [-0.2, 0) is 17.8 Å². The molecule has 1 aromatic heterocycles. The third kappa shape index (κ3) is 2.69. The lowest BCUT2D eigenvalue weighted by molar-refractivity contribution is -0.136. The zero-order valence-electron chi connectivity index (χ0n) is 8.08. The van der Waals surface area contributed by atoms with Gasteiger partial charge in [-0.2, -0.15) is 4.39 Å². The minimum Gasteiger partial charge on any atom is -0.481 e. The third-order valence-electron chi connectivity index (χ3n) is 1.96. The van der Waals surface area contributed by atoms with Crippen molar-refractivity contribution in [2.24, 2.45) is 5.73 Å². The van der Waals surface area contributed by atoms with Crippen molar-refractivity contribution in [3.05, 3.63) is 28.8 Å². The lowest BCUT2D eigenvalue weighted by Gasteiger charge is -2.09. The summed E-state index contributed by atoms with van der Waals surface area (Å²) in [5, 5.41) is 8.51. The van der Waals surface area contributed by atoms with Crippen LogP contribution in [0.3, 0.4) is 0 Å². The first-order valence-corrected chi connectivity index (χ1v) is 4.34. The number of rotatable bonds is 4. The summed E-state index contributed by atoms with van der Waals surface area (Å²) in [6.07, 6.45) is -3.55. The largest absolute Gasteiger partial charge is 0.481 e. The molecule has 0 amide bonds. The van der Waals surface area contributed by atoms with Crippen molar-refractivity contribution in [1.82, 2.24) is 4.98 Å². The summed E-state index contributed by atoms with van der Waals surface area (Å²) in [6, 6.07) is 0.923. The zero-order valence-corrected chi connectivity index (χ0v) is 8.08. The van der Waals surface area contributed by atoms with Crippen molar-refractivity contribution >= 4 is 5.97 Å². The highest BCUT2D eigenvalue weighted by Gasteiger charge is 2.18. The van der Waals surface area contributed by atoms with Gasteiger partial charge in [0.25, 0.3) is 6.43 Å². The molecular formula is C9H9F3N2O2. The van der Waals surface area contributed by atoms with Gasteiger partial charge in [0.15, 0.2) is 0 Å². The van der Waals surface area contributed by atoms with Crippen LogP contribution in [0.15, 0.2) is 6.07 Å². The molecule has 16 heavy (non-hydrogen) atoms. The molecule has 1 rings (SSSR count). The molecular weight excluding hydrogens is 225 g/mol. The van der Waals surface area contributed by atoms with E-state index in [0.717, 1.165) is 6.07 Å². The number of nitrogens with zero attached hydrogens (tertiary/aromatic N) is 1. The van der Waals surface area contributed by atoms with Gasteiger partial charge in [-0.05, 0) is 11.6 Å². The van der Waals surface area contributed by atoms with Gasteiger partial charge in [0.05, 0.1) is 6.42 Å². The van der Waals surface area contributed by atoms with Crippen molar-refractivity contribution in [2.75, 3.05) is 0 Å². The van der Waals surface area contributed by atoms with Crippen LogP contribution in [0.4, 0.5) is 13.2 Å². The molecule has 0 aromatic carbocycles. The number of nitrogens with two attached hydrogens (primary N) is 1. The second-order valence-corrected chi connectivity index (χ2v) is 3.05. The smallest absolute Gasteiger partial charge is 0.308 e. The molecule has 0 radical (unpaired) electrons. The Balaban J connectivity index is 3.22. The summed E-state index contributed by atoms with van der Waals surface area (Å²) >= 11 is 0. The summed E-state index contributed by atoms with van der Waals surface area (Å²) in [7, 11) is 0. The van der Waals surface area contributed by atoms with E-state index in [1.807, 2.05) is 0 Å². The lowest BCUT2D eigenvalue weighted by Crippen LogP contribution is -2.12. The maximum absolute atomic E-state index is 13.3. The molecule has 0 fully saturated rings. The first kappa shape index (κ1) is 12.4. The summed E-state index contributed by atoms with van der Waals surface area (Å²) in [4.78, 5) is 13.4. The molecule has 0 unspecified atom stereocenters. The SMILES string of the molecule is NCc1cc(C(F)F)nc(F)c1CC(=O)O. The van der Waals surface area contributed by atoms with E-state index in [1.54, 1.807) is 0 Å². The molecule has 0 aliphatic carbocycles. The minimum absolute atomic E-state index is 0.0326. The Bertz CT molecular complexity index is 410. The Morgan fingerprint density at radius 3 is 2.62 bits per heavy atom. The van der Waals surface area contributed by atoms with Crippen LogP contribution < -0.4 is 5.73 Å². The fourth-order valence-corrected chi connectivity index (χ4v) is 1.24. The number of hydrogen-bond donors (Lipinski definition) is 2. The van der Waals surface area contributed by atoms with Gasteiger partial charge in [0.2, 0.25) is 5.95 Å². The highest BCUT2D eigenvalue weighted by Crippen LogP contribution is 2.21. The predicted molar refractivity (Wildman–Crippen MR) is 48.4 cm³/mol. The van der Waals surface area contributed by atoms with Gasteiger partial charge < -0.3 is 10.8 Å². The number of carboxylic acid groups (broad SMARTS) is 1. The molecule has 1 aromatic rings. The third-order valence-corrected chi connectivity index (χ3v) is 1.96. The minimum atomic E-state index is -2.92. The van der Waals surface area contributed by atoms with E-state index < -0.39 is 30.5 Å². The van der Waals surface area contributed by atoms with Crippen LogP contribution in [0.2, 0.25) is 0 Å². The van der Waals surface area contributed by atoms with Crippen LogP contribution in [0.1, 0.15) is 23.2 Å². The second kappa shape index (κ2) is 4.93. The number of alkyl halides is 2. The Kier molecular flexibility index (Phi) is 3.83. The maximum Gasteiger partial charge on any atom is 0.308 e. The molecule has 0 atom stereocenters. The van der Waals surface area contributed by atoms with Crippen molar-refractivity contribution in [1.29, 1.82) is 0 Å². The summed E-state index contributed by atoms with van der Waals surface area (Å²) in [5.41, 5.74) is 4.27. The van der Waals surface area contributed by atoms with E-state index in [2.05, 4.69) is 4.98 Å². The topological polar surface area (TPSA) is 76.2 Å². The first-order valence-electron chi connectivity index (χ1n) is 4.34. The van der Waals surface area contributed by atoms with E-state index in [9.17, 15) is 18.0 Å².